The van der Waals surface area contributed by atoms with E-state index in [1.807, 2.05) is 68.6 Å². The van der Waals surface area contributed by atoms with E-state index in [0.717, 1.165) is 22.2 Å². The fourth-order valence-corrected chi connectivity index (χ4v) is 2.99. The van der Waals surface area contributed by atoms with Crippen molar-refractivity contribution in [3.63, 3.8) is 0 Å². The summed E-state index contributed by atoms with van der Waals surface area (Å²) in [5, 5.41) is 0.932. The van der Waals surface area contributed by atoms with Gasteiger partial charge in [-0.15, -0.1) is 0 Å². The van der Waals surface area contributed by atoms with Crippen molar-refractivity contribution in [2.24, 2.45) is 0 Å². The molecule has 0 aliphatic rings. The molecule has 0 N–H and O–H groups in total. The van der Waals surface area contributed by atoms with Crippen LogP contribution in [0.15, 0.2) is 54.7 Å². The predicted molar refractivity (Wildman–Crippen MR) is 103 cm³/mol. The Kier molecular flexibility index (Phi) is 5.46. The van der Waals surface area contributed by atoms with Crippen LogP contribution in [-0.2, 0) is 6.54 Å². The van der Waals surface area contributed by atoms with E-state index < -0.39 is 0 Å². The molecule has 0 radical (unpaired) electrons. The number of benzene rings is 2. The number of para-hydroxylation sites is 1. The number of carbonyl (C=O) groups excluding carboxylic acids is 1. The molecule has 0 fully saturated rings. The van der Waals surface area contributed by atoms with Crippen LogP contribution in [0.5, 0.6) is 11.5 Å². The predicted octanol–water partition coefficient (Wildman–Crippen LogP) is 4.54. The molecular weight excluding hydrogens is 328 g/mol. The molecular formula is C21H24N2O3. The number of ether oxygens (including phenoxy) is 2. The molecule has 136 valence electrons. The van der Waals surface area contributed by atoms with Crippen LogP contribution in [0.3, 0.4) is 0 Å². The first kappa shape index (κ1) is 17.9. The summed E-state index contributed by atoms with van der Waals surface area (Å²) in [6.45, 7) is 5.82. The minimum Gasteiger partial charge on any atom is -0.497 e. The number of carbonyl (C=O) groups is 1. The van der Waals surface area contributed by atoms with Crippen LogP contribution in [0, 0.1) is 0 Å². The fraction of sp³-hybridized carbons (Fsp3) is 0.286. The summed E-state index contributed by atoms with van der Waals surface area (Å²) in [5.41, 5.74) is 2.18. The van der Waals surface area contributed by atoms with Crippen LogP contribution >= 0.6 is 0 Å². The standard InChI is InChI=1S/C21H24N2O3/c1-4-22(5-2)21(24)26-20-15-23(19-9-7-6-8-18(19)20)14-16-10-12-17(25-3)13-11-16/h6-13,15H,4-5,14H2,1-3H3. The molecule has 0 unspecified atom stereocenters. The van der Waals surface area contributed by atoms with Gasteiger partial charge in [-0.05, 0) is 43.7 Å². The second kappa shape index (κ2) is 7.95. The van der Waals surface area contributed by atoms with E-state index in [9.17, 15) is 4.79 Å². The van der Waals surface area contributed by atoms with Crippen LogP contribution in [0.4, 0.5) is 4.79 Å². The van der Waals surface area contributed by atoms with E-state index >= 15 is 0 Å². The second-order valence-electron chi connectivity index (χ2n) is 6.03. The Hall–Kier alpha value is -2.95. The van der Waals surface area contributed by atoms with Crippen molar-refractivity contribution >= 4 is 17.0 Å². The Balaban J connectivity index is 1.90. The Bertz CT molecular complexity index is 880. The van der Waals surface area contributed by atoms with E-state index in [2.05, 4.69) is 4.57 Å². The Labute approximate surface area is 153 Å². The lowest BCUT2D eigenvalue weighted by Gasteiger charge is -2.17. The number of aromatic nitrogens is 1. The van der Waals surface area contributed by atoms with Gasteiger partial charge in [-0.1, -0.05) is 24.3 Å². The van der Waals surface area contributed by atoms with Gasteiger partial charge in [0, 0.05) is 31.2 Å². The summed E-state index contributed by atoms with van der Waals surface area (Å²) in [7, 11) is 1.66. The highest BCUT2D eigenvalue weighted by atomic mass is 16.6. The number of hydrogen-bond donors (Lipinski definition) is 0. The third-order valence-corrected chi connectivity index (χ3v) is 4.48. The van der Waals surface area contributed by atoms with Gasteiger partial charge in [0.15, 0.2) is 5.75 Å². The number of fused-ring (bicyclic) bond motifs is 1. The maximum Gasteiger partial charge on any atom is 0.415 e. The zero-order valence-electron chi connectivity index (χ0n) is 15.4. The molecule has 0 bridgehead atoms. The highest BCUT2D eigenvalue weighted by molar-refractivity contribution is 5.89. The summed E-state index contributed by atoms with van der Waals surface area (Å²) in [6, 6.07) is 15.9. The first-order valence-corrected chi connectivity index (χ1v) is 8.83. The molecule has 0 aliphatic heterocycles. The highest BCUT2D eigenvalue weighted by Gasteiger charge is 2.16. The molecule has 0 saturated heterocycles. The lowest BCUT2D eigenvalue weighted by molar-refractivity contribution is 0.158. The van der Waals surface area contributed by atoms with Crippen LogP contribution in [0.1, 0.15) is 19.4 Å². The lowest BCUT2D eigenvalue weighted by Crippen LogP contribution is -2.33. The molecule has 1 aromatic heterocycles. The maximum atomic E-state index is 12.3. The molecule has 5 nitrogen and oxygen atoms in total. The monoisotopic (exact) mass is 352 g/mol. The number of nitrogens with zero attached hydrogens (tertiary/aromatic N) is 2. The van der Waals surface area contributed by atoms with Gasteiger partial charge in [-0.25, -0.2) is 4.79 Å². The van der Waals surface area contributed by atoms with E-state index in [1.165, 1.54) is 0 Å². The number of rotatable bonds is 6. The second-order valence-corrected chi connectivity index (χ2v) is 6.03. The van der Waals surface area contributed by atoms with Gasteiger partial charge < -0.3 is 18.9 Å². The van der Waals surface area contributed by atoms with E-state index in [0.29, 0.717) is 25.4 Å². The smallest absolute Gasteiger partial charge is 0.415 e. The molecule has 26 heavy (non-hydrogen) atoms. The summed E-state index contributed by atoms with van der Waals surface area (Å²) >= 11 is 0. The van der Waals surface area contributed by atoms with Gasteiger partial charge in [-0.3, -0.25) is 0 Å². The quantitative estimate of drug-likeness (QED) is 0.654. The summed E-state index contributed by atoms with van der Waals surface area (Å²) in [4.78, 5) is 14.0. The molecule has 0 aliphatic carbocycles. The van der Waals surface area contributed by atoms with Gasteiger partial charge in [0.2, 0.25) is 0 Å². The molecule has 0 atom stereocenters. The third-order valence-electron chi connectivity index (χ3n) is 4.48. The molecule has 1 amide bonds. The molecule has 2 aromatic carbocycles. The van der Waals surface area contributed by atoms with Gasteiger partial charge in [-0.2, -0.15) is 0 Å². The topological polar surface area (TPSA) is 43.7 Å². The van der Waals surface area contributed by atoms with Crippen molar-refractivity contribution in [3.05, 3.63) is 60.3 Å². The number of amides is 1. The molecule has 5 heteroatoms. The minimum absolute atomic E-state index is 0.317. The first-order chi connectivity index (χ1) is 12.7. The van der Waals surface area contributed by atoms with Gasteiger partial charge in [0.05, 0.1) is 12.6 Å². The number of hydrogen-bond acceptors (Lipinski definition) is 3. The van der Waals surface area contributed by atoms with E-state index in [4.69, 9.17) is 9.47 Å². The van der Waals surface area contributed by atoms with Gasteiger partial charge in [0.1, 0.15) is 5.75 Å². The van der Waals surface area contributed by atoms with Crippen LogP contribution in [-0.4, -0.2) is 35.8 Å². The molecule has 1 heterocycles. The van der Waals surface area contributed by atoms with Crippen molar-refractivity contribution in [3.8, 4) is 11.5 Å². The van der Waals surface area contributed by atoms with E-state index in [-0.39, 0.29) is 6.09 Å². The summed E-state index contributed by atoms with van der Waals surface area (Å²) in [5.74, 6) is 1.42. The van der Waals surface area contributed by atoms with Crippen LogP contribution in [0.2, 0.25) is 0 Å². The summed E-state index contributed by atoms with van der Waals surface area (Å²) in [6.07, 6.45) is 1.58. The average molecular weight is 352 g/mol. The lowest BCUT2D eigenvalue weighted by atomic mass is 10.2. The largest absolute Gasteiger partial charge is 0.497 e. The molecule has 3 rings (SSSR count). The molecule has 0 saturated carbocycles. The van der Waals surface area contributed by atoms with Gasteiger partial charge >= 0.3 is 6.09 Å². The average Bonchev–Trinajstić information content (AvgIpc) is 3.01. The molecule has 0 spiro atoms. The SMILES string of the molecule is CCN(CC)C(=O)Oc1cn(Cc2ccc(OC)cc2)c2ccccc12. The number of methoxy groups -OCH3 is 1. The van der Waals surface area contributed by atoms with Crippen molar-refractivity contribution in [2.45, 2.75) is 20.4 Å². The first-order valence-electron chi connectivity index (χ1n) is 8.83. The van der Waals surface area contributed by atoms with E-state index in [1.54, 1.807) is 12.0 Å². The Morgan fingerprint density at radius 2 is 1.73 bits per heavy atom. The van der Waals surface area contributed by atoms with Crippen LogP contribution < -0.4 is 9.47 Å². The third kappa shape index (κ3) is 3.67. The van der Waals surface area contributed by atoms with Crippen molar-refractivity contribution < 1.29 is 14.3 Å². The summed E-state index contributed by atoms with van der Waals surface area (Å²) < 4.78 is 13.0. The maximum absolute atomic E-state index is 12.3. The molecule has 3 aromatic rings. The Morgan fingerprint density at radius 3 is 2.38 bits per heavy atom. The zero-order valence-corrected chi connectivity index (χ0v) is 15.4. The van der Waals surface area contributed by atoms with Crippen molar-refractivity contribution in [1.29, 1.82) is 0 Å². The highest BCUT2D eigenvalue weighted by Crippen LogP contribution is 2.29. The van der Waals surface area contributed by atoms with Crippen molar-refractivity contribution in [2.75, 3.05) is 20.2 Å². The van der Waals surface area contributed by atoms with Crippen molar-refractivity contribution in [1.82, 2.24) is 9.47 Å². The normalized spacial score (nSPS) is 10.7. The minimum atomic E-state index is -0.317. The Morgan fingerprint density at radius 1 is 1.04 bits per heavy atom. The zero-order chi connectivity index (χ0) is 18.5. The van der Waals surface area contributed by atoms with Gasteiger partial charge in [0.25, 0.3) is 0 Å². The fourth-order valence-electron chi connectivity index (χ4n) is 2.99. The van der Waals surface area contributed by atoms with Crippen LogP contribution in [0.25, 0.3) is 10.9 Å².